The number of hydrogen-bond acceptors (Lipinski definition) is 3. The zero-order valence-corrected chi connectivity index (χ0v) is 10.7. The van der Waals surface area contributed by atoms with Gasteiger partial charge in [0.2, 0.25) is 0 Å². The van der Waals surface area contributed by atoms with E-state index in [9.17, 15) is 9.59 Å². The predicted molar refractivity (Wildman–Crippen MR) is 68.9 cm³/mol. The molecule has 5 heteroatoms. The molecule has 5 nitrogen and oxygen atoms in total. The predicted octanol–water partition coefficient (Wildman–Crippen LogP) is 1.76. The Morgan fingerprint density at radius 3 is 2.58 bits per heavy atom. The van der Waals surface area contributed by atoms with Gasteiger partial charge in [-0.1, -0.05) is 43.7 Å². The van der Waals surface area contributed by atoms with Gasteiger partial charge < -0.3 is 5.32 Å². The second-order valence-corrected chi connectivity index (χ2v) is 4.50. The largest absolute Gasteiger partial charge is 0.326 e. The lowest BCUT2D eigenvalue weighted by atomic mass is 9.85. The number of amides is 3. The first kappa shape index (κ1) is 13.1. The van der Waals surface area contributed by atoms with Gasteiger partial charge in [-0.3, -0.25) is 4.79 Å². The van der Waals surface area contributed by atoms with Crippen molar-refractivity contribution in [2.45, 2.75) is 25.3 Å². The maximum Gasteiger partial charge on any atom is 0.326 e. The molecule has 0 spiro atoms. The van der Waals surface area contributed by atoms with Gasteiger partial charge in [0.25, 0.3) is 5.91 Å². The van der Waals surface area contributed by atoms with Gasteiger partial charge in [-0.2, -0.15) is 5.26 Å². The van der Waals surface area contributed by atoms with Gasteiger partial charge in [-0.25, -0.2) is 9.69 Å². The molecular formula is C14H15N3O2. The first-order valence-corrected chi connectivity index (χ1v) is 6.22. The molecule has 1 unspecified atom stereocenters. The van der Waals surface area contributed by atoms with E-state index < -0.39 is 11.6 Å². The molecule has 2 rings (SSSR count). The Labute approximate surface area is 111 Å². The zero-order valence-electron chi connectivity index (χ0n) is 10.7. The van der Waals surface area contributed by atoms with E-state index in [1.54, 1.807) is 0 Å². The van der Waals surface area contributed by atoms with E-state index >= 15 is 0 Å². The van der Waals surface area contributed by atoms with E-state index in [4.69, 9.17) is 5.26 Å². The molecule has 0 radical (unpaired) electrons. The summed E-state index contributed by atoms with van der Waals surface area (Å²) in [4.78, 5) is 25.4. The lowest BCUT2D eigenvalue weighted by Crippen LogP contribution is -2.44. The van der Waals surface area contributed by atoms with Crippen LogP contribution in [0, 0.1) is 11.3 Å². The second kappa shape index (κ2) is 5.11. The highest BCUT2D eigenvalue weighted by molar-refractivity contribution is 6.07. The third-order valence-electron chi connectivity index (χ3n) is 3.30. The number of nitrogens with one attached hydrogen (secondary N) is 1. The summed E-state index contributed by atoms with van der Waals surface area (Å²) in [6, 6.07) is 10.5. The highest BCUT2D eigenvalue weighted by Gasteiger charge is 2.51. The molecule has 0 bridgehead atoms. The fourth-order valence-corrected chi connectivity index (χ4v) is 2.45. The highest BCUT2D eigenvalue weighted by Crippen LogP contribution is 2.33. The van der Waals surface area contributed by atoms with Crippen molar-refractivity contribution in [2.75, 3.05) is 6.54 Å². The van der Waals surface area contributed by atoms with Crippen LogP contribution in [0.25, 0.3) is 0 Å². The van der Waals surface area contributed by atoms with Crippen molar-refractivity contribution < 1.29 is 9.59 Å². The van der Waals surface area contributed by atoms with E-state index in [-0.39, 0.29) is 12.5 Å². The number of urea groups is 1. The van der Waals surface area contributed by atoms with Crippen LogP contribution in [-0.2, 0) is 10.3 Å². The van der Waals surface area contributed by atoms with Crippen LogP contribution < -0.4 is 5.32 Å². The number of imide groups is 1. The van der Waals surface area contributed by atoms with Gasteiger partial charge in [0.15, 0.2) is 0 Å². The summed E-state index contributed by atoms with van der Waals surface area (Å²) >= 11 is 0. The third-order valence-corrected chi connectivity index (χ3v) is 3.30. The Hall–Kier alpha value is -2.35. The van der Waals surface area contributed by atoms with Crippen molar-refractivity contribution in [1.82, 2.24) is 10.2 Å². The van der Waals surface area contributed by atoms with Crippen LogP contribution in [0.5, 0.6) is 0 Å². The molecule has 1 aliphatic rings. The SMILES string of the molecule is CCCC1(c2ccccc2)NC(=O)N(CC#N)C1=O. The zero-order chi connectivity index (χ0) is 13.9. The number of carbonyl (C=O) groups excluding carboxylic acids is 2. The second-order valence-electron chi connectivity index (χ2n) is 4.50. The molecule has 0 aliphatic carbocycles. The lowest BCUT2D eigenvalue weighted by molar-refractivity contribution is -0.131. The first-order chi connectivity index (χ1) is 9.15. The van der Waals surface area contributed by atoms with Crippen molar-refractivity contribution in [3.05, 3.63) is 35.9 Å². The molecule has 1 aromatic rings. The monoisotopic (exact) mass is 257 g/mol. The van der Waals surface area contributed by atoms with Crippen molar-refractivity contribution in [3.8, 4) is 6.07 Å². The van der Waals surface area contributed by atoms with Gasteiger partial charge in [-0.05, 0) is 12.0 Å². The summed E-state index contributed by atoms with van der Waals surface area (Å²) in [6.07, 6.45) is 1.27. The quantitative estimate of drug-likeness (QED) is 0.659. The normalized spacial score (nSPS) is 22.2. The van der Waals surface area contributed by atoms with Crippen LogP contribution in [0.3, 0.4) is 0 Å². The number of nitrogens with zero attached hydrogens (tertiary/aromatic N) is 2. The smallest absolute Gasteiger partial charge is 0.319 e. The Bertz CT molecular complexity index is 535. The van der Waals surface area contributed by atoms with Crippen LogP contribution in [0.4, 0.5) is 4.79 Å². The molecule has 3 amide bonds. The molecule has 1 aromatic carbocycles. The number of hydrogen-bond donors (Lipinski definition) is 1. The van der Waals surface area contributed by atoms with Crippen molar-refractivity contribution >= 4 is 11.9 Å². The summed E-state index contributed by atoms with van der Waals surface area (Å²) in [5, 5.41) is 11.5. The maximum absolute atomic E-state index is 12.5. The highest BCUT2D eigenvalue weighted by atomic mass is 16.2. The van der Waals surface area contributed by atoms with E-state index in [0.29, 0.717) is 6.42 Å². The Balaban J connectivity index is 2.45. The van der Waals surface area contributed by atoms with Crippen LogP contribution in [0.15, 0.2) is 30.3 Å². The number of carbonyl (C=O) groups is 2. The number of benzene rings is 1. The van der Waals surface area contributed by atoms with Crippen molar-refractivity contribution in [3.63, 3.8) is 0 Å². The minimum Gasteiger partial charge on any atom is -0.319 e. The van der Waals surface area contributed by atoms with Crippen LogP contribution >= 0.6 is 0 Å². The number of rotatable bonds is 4. The molecule has 1 aliphatic heterocycles. The van der Waals surface area contributed by atoms with E-state index in [1.807, 2.05) is 43.3 Å². The summed E-state index contributed by atoms with van der Waals surface area (Å²) in [7, 11) is 0. The van der Waals surface area contributed by atoms with Gasteiger partial charge in [0.05, 0.1) is 6.07 Å². The van der Waals surface area contributed by atoms with Gasteiger partial charge in [-0.15, -0.1) is 0 Å². The summed E-state index contributed by atoms with van der Waals surface area (Å²) in [5.74, 6) is -0.341. The fourth-order valence-electron chi connectivity index (χ4n) is 2.45. The number of nitriles is 1. The molecule has 19 heavy (non-hydrogen) atoms. The molecule has 1 atom stereocenters. The Morgan fingerprint density at radius 1 is 1.32 bits per heavy atom. The van der Waals surface area contributed by atoms with Crippen LogP contribution in [0.1, 0.15) is 25.3 Å². The Kier molecular flexibility index (Phi) is 3.52. The average Bonchev–Trinajstić information content (AvgIpc) is 2.66. The standard InChI is InChI=1S/C14H15N3O2/c1-2-8-14(11-6-4-3-5-7-11)12(18)17(10-9-15)13(19)16-14/h3-7H,2,8,10H2,1H3,(H,16,19). The van der Waals surface area contributed by atoms with Crippen molar-refractivity contribution in [1.29, 1.82) is 5.26 Å². The average molecular weight is 257 g/mol. The molecule has 1 N–H and O–H groups in total. The molecule has 1 heterocycles. The molecular weight excluding hydrogens is 242 g/mol. The third kappa shape index (κ3) is 2.06. The molecule has 98 valence electrons. The minimum absolute atomic E-state index is 0.219. The molecule has 0 saturated carbocycles. The van der Waals surface area contributed by atoms with E-state index in [0.717, 1.165) is 16.9 Å². The van der Waals surface area contributed by atoms with E-state index in [2.05, 4.69) is 5.32 Å². The topological polar surface area (TPSA) is 73.2 Å². The summed E-state index contributed by atoms with van der Waals surface area (Å²) < 4.78 is 0. The first-order valence-electron chi connectivity index (χ1n) is 6.22. The summed E-state index contributed by atoms with van der Waals surface area (Å²) in [5.41, 5.74) is -0.264. The van der Waals surface area contributed by atoms with Gasteiger partial charge in [0.1, 0.15) is 12.1 Å². The molecule has 0 aromatic heterocycles. The van der Waals surface area contributed by atoms with Crippen LogP contribution in [0.2, 0.25) is 0 Å². The molecule has 1 saturated heterocycles. The van der Waals surface area contributed by atoms with Crippen molar-refractivity contribution in [2.24, 2.45) is 0 Å². The minimum atomic E-state index is -1.02. The van der Waals surface area contributed by atoms with E-state index in [1.165, 1.54) is 0 Å². The lowest BCUT2D eigenvalue weighted by Gasteiger charge is -2.26. The van der Waals surface area contributed by atoms with Gasteiger partial charge in [0, 0.05) is 0 Å². The Morgan fingerprint density at radius 2 is 2.00 bits per heavy atom. The maximum atomic E-state index is 12.5. The summed E-state index contributed by atoms with van der Waals surface area (Å²) in [6.45, 7) is 1.74. The van der Waals surface area contributed by atoms with Gasteiger partial charge >= 0.3 is 6.03 Å². The molecule has 1 fully saturated rings. The van der Waals surface area contributed by atoms with Crippen LogP contribution in [-0.4, -0.2) is 23.4 Å². The fraction of sp³-hybridized carbons (Fsp3) is 0.357.